The monoisotopic (exact) mass is 414 g/mol. The van der Waals surface area contributed by atoms with Crippen LogP contribution in [0.1, 0.15) is 48.4 Å². The molecule has 6 nitrogen and oxygen atoms in total. The molecule has 2 rings (SSSR count). The van der Waals surface area contributed by atoms with E-state index in [9.17, 15) is 9.59 Å². The van der Waals surface area contributed by atoms with E-state index in [-0.39, 0.29) is 11.9 Å². The summed E-state index contributed by atoms with van der Waals surface area (Å²) in [4.78, 5) is 26.9. The second-order valence-corrected chi connectivity index (χ2v) is 6.60. The van der Waals surface area contributed by atoms with Crippen LogP contribution in [-0.4, -0.2) is 52.3 Å². The Morgan fingerprint density at radius 1 is 0.667 bits per heavy atom. The van der Waals surface area contributed by atoms with Crippen LogP contribution in [0.2, 0.25) is 0 Å². The Morgan fingerprint density at radius 2 is 1.03 bits per heavy atom. The van der Waals surface area contributed by atoms with Crippen LogP contribution in [0.25, 0.3) is 0 Å². The first-order chi connectivity index (χ1) is 14.4. The van der Waals surface area contributed by atoms with Crippen molar-refractivity contribution in [1.82, 2.24) is 0 Å². The van der Waals surface area contributed by atoms with Crippen molar-refractivity contribution < 1.29 is 19.1 Å². The average Bonchev–Trinajstić information content (AvgIpc) is 2.76. The van der Waals surface area contributed by atoms with Crippen LogP contribution in [0, 0.1) is 0 Å². The first-order valence-corrected chi connectivity index (χ1v) is 10.3. The molecule has 2 aromatic carbocycles. The molecule has 30 heavy (non-hydrogen) atoms. The summed E-state index contributed by atoms with van der Waals surface area (Å²) in [6, 6.07) is 14.9. The van der Waals surface area contributed by atoms with E-state index in [1.165, 1.54) is 0 Å². The molecule has 2 aromatic rings. The summed E-state index contributed by atoms with van der Waals surface area (Å²) >= 11 is 0. The second-order valence-electron chi connectivity index (χ2n) is 6.60. The third kappa shape index (κ3) is 7.78. The molecule has 0 fully saturated rings. The molecule has 0 aliphatic carbocycles. The van der Waals surface area contributed by atoms with Crippen molar-refractivity contribution in [1.29, 1.82) is 0 Å². The fraction of sp³-hybridized carbons (Fsp3) is 0.417. The fourth-order valence-corrected chi connectivity index (χ4v) is 2.72. The molecule has 0 saturated heterocycles. The molecule has 0 heterocycles. The molecule has 0 N–H and O–H groups in total. The predicted octanol–water partition coefficient (Wildman–Crippen LogP) is 4.64. The van der Waals surface area contributed by atoms with Crippen molar-refractivity contribution in [3.63, 3.8) is 0 Å². The molecule has 0 saturated carbocycles. The number of nitrogens with zero attached hydrogens (tertiary/aromatic N) is 2. The zero-order chi connectivity index (χ0) is 22.5. The van der Waals surface area contributed by atoms with Crippen molar-refractivity contribution >= 4 is 23.3 Å². The highest BCUT2D eigenvalue weighted by Crippen LogP contribution is 2.15. The Morgan fingerprint density at radius 3 is 1.33 bits per heavy atom. The van der Waals surface area contributed by atoms with Crippen LogP contribution in [0.15, 0.2) is 48.5 Å². The zero-order valence-corrected chi connectivity index (χ0v) is 19.0. The number of benzene rings is 2. The van der Waals surface area contributed by atoms with Gasteiger partial charge in [-0.05, 0) is 76.2 Å². The lowest BCUT2D eigenvalue weighted by Crippen LogP contribution is -2.21. The molecule has 0 atom stereocenters. The van der Waals surface area contributed by atoms with Gasteiger partial charge in [0, 0.05) is 38.6 Å². The number of esters is 2. The Balaban J connectivity index is 0.000000303. The van der Waals surface area contributed by atoms with Gasteiger partial charge < -0.3 is 19.3 Å². The summed E-state index contributed by atoms with van der Waals surface area (Å²) in [6.07, 6.45) is 0. The van der Waals surface area contributed by atoms with E-state index in [4.69, 9.17) is 9.47 Å². The number of ether oxygens (including phenoxy) is 2. The van der Waals surface area contributed by atoms with Crippen molar-refractivity contribution in [3.8, 4) is 0 Å². The molecule has 0 aliphatic rings. The van der Waals surface area contributed by atoms with Crippen molar-refractivity contribution in [2.45, 2.75) is 27.7 Å². The SMILES string of the molecule is CCOC(=O)c1ccc(N(C)C)cc1.CCOC(=O)c1ccc(N(CC)CC)cc1. The molecule has 0 unspecified atom stereocenters. The lowest BCUT2D eigenvalue weighted by atomic mass is 10.2. The van der Waals surface area contributed by atoms with Gasteiger partial charge in [0.1, 0.15) is 0 Å². The summed E-state index contributed by atoms with van der Waals surface area (Å²) in [5.74, 6) is -0.522. The van der Waals surface area contributed by atoms with Gasteiger partial charge in [-0.25, -0.2) is 9.59 Å². The Labute approximate surface area is 180 Å². The van der Waals surface area contributed by atoms with Crippen molar-refractivity contribution in [2.24, 2.45) is 0 Å². The standard InChI is InChI=1S/C13H19NO2.C11H15NO2/c1-4-14(5-2)12-9-7-11(8-10-12)13(15)16-6-3;1-4-14-11(13)9-5-7-10(8-6-9)12(2)3/h7-10H,4-6H2,1-3H3;5-8H,4H2,1-3H3. The number of rotatable bonds is 8. The van der Waals surface area contributed by atoms with Crippen LogP contribution in [0.3, 0.4) is 0 Å². The maximum absolute atomic E-state index is 11.4. The molecule has 0 aliphatic heterocycles. The summed E-state index contributed by atoms with van der Waals surface area (Å²) in [5.41, 5.74) is 3.41. The van der Waals surface area contributed by atoms with Gasteiger partial charge in [0.05, 0.1) is 24.3 Å². The highest BCUT2D eigenvalue weighted by Gasteiger charge is 2.07. The minimum Gasteiger partial charge on any atom is -0.462 e. The molecule has 0 spiro atoms. The van der Waals surface area contributed by atoms with Crippen LogP contribution in [0.4, 0.5) is 11.4 Å². The first kappa shape index (κ1) is 25.0. The van der Waals surface area contributed by atoms with E-state index in [2.05, 4.69) is 18.7 Å². The quantitative estimate of drug-likeness (QED) is 0.587. The summed E-state index contributed by atoms with van der Waals surface area (Å²) in [6.45, 7) is 10.6. The number of hydrogen-bond acceptors (Lipinski definition) is 6. The van der Waals surface area contributed by atoms with Gasteiger partial charge in [0.25, 0.3) is 0 Å². The normalized spacial score (nSPS) is 9.80. The molecule has 6 heteroatoms. The van der Waals surface area contributed by atoms with E-state index in [0.29, 0.717) is 24.3 Å². The lowest BCUT2D eigenvalue weighted by Gasteiger charge is -2.20. The Kier molecular flexibility index (Phi) is 11.0. The fourth-order valence-electron chi connectivity index (χ4n) is 2.72. The van der Waals surface area contributed by atoms with Crippen LogP contribution in [0.5, 0.6) is 0 Å². The topological polar surface area (TPSA) is 59.1 Å². The summed E-state index contributed by atoms with van der Waals surface area (Å²) in [5, 5.41) is 0. The van der Waals surface area contributed by atoms with Crippen molar-refractivity contribution in [2.75, 3.05) is 50.2 Å². The third-order valence-electron chi connectivity index (χ3n) is 4.40. The minimum absolute atomic E-state index is 0.256. The van der Waals surface area contributed by atoms with E-state index < -0.39 is 0 Å². The van der Waals surface area contributed by atoms with Gasteiger partial charge in [0.15, 0.2) is 0 Å². The number of hydrogen-bond donors (Lipinski definition) is 0. The summed E-state index contributed by atoms with van der Waals surface area (Å²) < 4.78 is 9.80. The minimum atomic E-state index is -0.266. The van der Waals surface area contributed by atoms with Crippen LogP contribution >= 0.6 is 0 Å². The lowest BCUT2D eigenvalue weighted by molar-refractivity contribution is 0.0517. The zero-order valence-electron chi connectivity index (χ0n) is 19.0. The van der Waals surface area contributed by atoms with Crippen LogP contribution < -0.4 is 9.80 Å². The van der Waals surface area contributed by atoms with Gasteiger partial charge in [-0.15, -0.1) is 0 Å². The van der Waals surface area contributed by atoms with E-state index in [1.807, 2.05) is 62.3 Å². The Hall–Kier alpha value is -3.02. The highest BCUT2D eigenvalue weighted by atomic mass is 16.5. The van der Waals surface area contributed by atoms with Gasteiger partial charge >= 0.3 is 11.9 Å². The molecule has 0 amide bonds. The molecular formula is C24H34N2O4. The van der Waals surface area contributed by atoms with Crippen molar-refractivity contribution in [3.05, 3.63) is 59.7 Å². The smallest absolute Gasteiger partial charge is 0.338 e. The molecule has 0 radical (unpaired) electrons. The number of anilines is 2. The maximum atomic E-state index is 11.4. The Bertz CT molecular complexity index is 767. The predicted molar refractivity (Wildman–Crippen MR) is 123 cm³/mol. The van der Waals surface area contributed by atoms with E-state index in [0.717, 1.165) is 24.5 Å². The molecule has 0 aromatic heterocycles. The second kappa shape index (κ2) is 13.2. The van der Waals surface area contributed by atoms with Gasteiger partial charge in [-0.1, -0.05) is 0 Å². The first-order valence-electron chi connectivity index (χ1n) is 10.3. The maximum Gasteiger partial charge on any atom is 0.338 e. The number of carbonyl (C=O) groups is 2. The molecular weight excluding hydrogens is 380 g/mol. The van der Waals surface area contributed by atoms with Gasteiger partial charge in [0.2, 0.25) is 0 Å². The molecule has 164 valence electrons. The molecule has 0 bridgehead atoms. The largest absolute Gasteiger partial charge is 0.462 e. The number of carbonyl (C=O) groups excluding carboxylic acids is 2. The summed E-state index contributed by atoms with van der Waals surface area (Å²) in [7, 11) is 3.92. The van der Waals surface area contributed by atoms with E-state index >= 15 is 0 Å². The average molecular weight is 415 g/mol. The van der Waals surface area contributed by atoms with Gasteiger partial charge in [-0.2, -0.15) is 0 Å². The highest BCUT2D eigenvalue weighted by molar-refractivity contribution is 5.90. The third-order valence-corrected chi connectivity index (χ3v) is 4.40. The van der Waals surface area contributed by atoms with Crippen LogP contribution in [-0.2, 0) is 9.47 Å². The van der Waals surface area contributed by atoms with Gasteiger partial charge in [-0.3, -0.25) is 0 Å². The van der Waals surface area contributed by atoms with E-state index in [1.54, 1.807) is 19.1 Å².